The van der Waals surface area contributed by atoms with Crippen LogP contribution in [0.15, 0.2) is 0 Å². The minimum atomic E-state index is -0.438. The van der Waals surface area contributed by atoms with Crippen molar-refractivity contribution in [3.05, 3.63) is 0 Å². The Labute approximate surface area is 118 Å². The maximum Gasteiger partial charge on any atom is 0.0644 e. The Balaban J connectivity index is 1.94. The first kappa shape index (κ1) is 15.3. The molecule has 19 heavy (non-hydrogen) atoms. The molecule has 2 fully saturated rings. The van der Waals surface area contributed by atoms with Crippen LogP contribution in [-0.4, -0.2) is 41.3 Å². The molecule has 3 nitrogen and oxygen atoms in total. The number of aliphatic hydroxyl groups is 1. The van der Waals surface area contributed by atoms with Gasteiger partial charge in [-0.05, 0) is 51.0 Å². The number of nitrogens with zero attached hydrogens (tertiary/aromatic N) is 1. The van der Waals surface area contributed by atoms with E-state index >= 15 is 0 Å². The highest BCUT2D eigenvalue weighted by Crippen LogP contribution is 2.36. The summed E-state index contributed by atoms with van der Waals surface area (Å²) >= 11 is 0. The number of hydrogen-bond acceptors (Lipinski definition) is 3. The van der Waals surface area contributed by atoms with Gasteiger partial charge in [0.25, 0.3) is 0 Å². The predicted molar refractivity (Wildman–Crippen MR) is 80.0 cm³/mol. The summed E-state index contributed by atoms with van der Waals surface area (Å²) in [6.45, 7) is 7.20. The molecule has 0 spiro atoms. The molecule has 2 rings (SSSR count). The third kappa shape index (κ3) is 3.93. The number of rotatable bonds is 4. The lowest BCUT2D eigenvalue weighted by Gasteiger charge is -2.46. The quantitative estimate of drug-likeness (QED) is 0.823. The van der Waals surface area contributed by atoms with Crippen LogP contribution in [0.4, 0.5) is 0 Å². The minimum Gasteiger partial charge on any atom is -0.390 e. The van der Waals surface area contributed by atoms with Crippen molar-refractivity contribution < 1.29 is 5.11 Å². The van der Waals surface area contributed by atoms with E-state index in [-0.39, 0.29) is 0 Å². The summed E-state index contributed by atoms with van der Waals surface area (Å²) in [5.74, 6) is 1.58. The van der Waals surface area contributed by atoms with Crippen molar-refractivity contribution in [2.45, 2.75) is 70.4 Å². The molecule has 3 N–H and O–H groups in total. The Morgan fingerprint density at radius 2 is 1.95 bits per heavy atom. The minimum absolute atomic E-state index is 0.438. The van der Waals surface area contributed by atoms with Gasteiger partial charge in [0.2, 0.25) is 0 Å². The largest absolute Gasteiger partial charge is 0.390 e. The van der Waals surface area contributed by atoms with E-state index < -0.39 is 5.60 Å². The zero-order chi connectivity index (χ0) is 13.9. The Bertz CT molecular complexity index is 270. The molecule has 1 heterocycles. The molecule has 1 aliphatic carbocycles. The van der Waals surface area contributed by atoms with Crippen molar-refractivity contribution in [2.75, 3.05) is 19.6 Å². The maximum absolute atomic E-state index is 10.1. The highest BCUT2D eigenvalue weighted by molar-refractivity contribution is 4.91. The lowest BCUT2D eigenvalue weighted by atomic mass is 9.75. The summed E-state index contributed by atoms with van der Waals surface area (Å²) in [6.07, 6.45) is 8.52. The first-order chi connectivity index (χ1) is 9.05. The van der Waals surface area contributed by atoms with Crippen LogP contribution in [0, 0.1) is 11.8 Å². The van der Waals surface area contributed by atoms with Crippen LogP contribution < -0.4 is 5.73 Å². The summed E-state index contributed by atoms with van der Waals surface area (Å²) in [6, 6.07) is 0.673. The lowest BCUT2D eigenvalue weighted by molar-refractivity contribution is -0.0337. The van der Waals surface area contributed by atoms with Crippen molar-refractivity contribution in [3.8, 4) is 0 Å². The molecule has 3 unspecified atom stereocenters. The Morgan fingerprint density at radius 1 is 1.26 bits per heavy atom. The fourth-order valence-electron chi connectivity index (χ4n) is 4.02. The van der Waals surface area contributed by atoms with Crippen LogP contribution in [0.3, 0.4) is 0 Å². The predicted octanol–water partition coefficient (Wildman–Crippen LogP) is 2.38. The molecule has 112 valence electrons. The van der Waals surface area contributed by atoms with Crippen molar-refractivity contribution >= 4 is 0 Å². The zero-order valence-electron chi connectivity index (χ0n) is 12.8. The second-order valence-electron chi connectivity index (χ2n) is 7.06. The van der Waals surface area contributed by atoms with E-state index in [0.717, 1.165) is 38.4 Å². The number of piperidine rings is 1. The Morgan fingerprint density at radius 3 is 2.53 bits per heavy atom. The first-order valence-corrected chi connectivity index (χ1v) is 8.22. The van der Waals surface area contributed by atoms with Crippen LogP contribution in [0.5, 0.6) is 0 Å². The zero-order valence-corrected chi connectivity index (χ0v) is 12.8. The monoisotopic (exact) mass is 268 g/mol. The van der Waals surface area contributed by atoms with Crippen LogP contribution in [0.25, 0.3) is 0 Å². The SMILES string of the molecule is CCCC1CCC(CN)C(N2CCC(C)(O)CC2)C1. The molecular weight excluding hydrogens is 236 g/mol. The van der Waals surface area contributed by atoms with Gasteiger partial charge in [0.1, 0.15) is 0 Å². The molecule has 2 aliphatic rings. The van der Waals surface area contributed by atoms with E-state index in [1.807, 2.05) is 6.92 Å². The standard InChI is InChI=1S/C16H32N2O/c1-3-4-13-5-6-14(12-17)15(11-13)18-9-7-16(2,19)8-10-18/h13-15,19H,3-12,17H2,1-2H3. The second-order valence-corrected chi connectivity index (χ2v) is 7.06. The van der Waals surface area contributed by atoms with Gasteiger partial charge in [-0.25, -0.2) is 0 Å². The van der Waals surface area contributed by atoms with Gasteiger partial charge in [-0.1, -0.05) is 26.2 Å². The van der Waals surface area contributed by atoms with Crippen molar-refractivity contribution in [3.63, 3.8) is 0 Å². The third-order valence-electron chi connectivity index (χ3n) is 5.41. The highest BCUT2D eigenvalue weighted by Gasteiger charge is 2.37. The molecule has 1 saturated heterocycles. The van der Waals surface area contributed by atoms with Gasteiger partial charge in [0.15, 0.2) is 0 Å². The van der Waals surface area contributed by atoms with Gasteiger partial charge in [-0.2, -0.15) is 0 Å². The first-order valence-electron chi connectivity index (χ1n) is 8.22. The summed E-state index contributed by atoms with van der Waals surface area (Å²) in [5.41, 5.74) is 5.56. The molecule has 3 atom stereocenters. The van der Waals surface area contributed by atoms with Crippen molar-refractivity contribution in [1.82, 2.24) is 4.90 Å². The van der Waals surface area contributed by atoms with Crippen molar-refractivity contribution in [2.24, 2.45) is 17.6 Å². The van der Waals surface area contributed by atoms with E-state index in [1.54, 1.807) is 0 Å². The Kier molecular flexibility index (Phi) is 5.27. The summed E-state index contributed by atoms with van der Waals surface area (Å²) in [5, 5.41) is 10.1. The summed E-state index contributed by atoms with van der Waals surface area (Å²) in [4.78, 5) is 2.62. The van der Waals surface area contributed by atoms with Crippen LogP contribution in [0.1, 0.15) is 58.8 Å². The van der Waals surface area contributed by atoms with Gasteiger partial charge in [-0.3, -0.25) is 4.90 Å². The van der Waals surface area contributed by atoms with E-state index in [1.165, 1.54) is 32.1 Å². The van der Waals surface area contributed by atoms with E-state index in [0.29, 0.717) is 12.0 Å². The van der Waals surface area contributed by atoms with Gasteiger partial charge >= 0.3 is 0 Å². The summed E-state index contributed by atoms with van der Waals surface area (Å²) < 4.78 is 0. The maximum atomic E-state index is 10.1. The molecule has 0 aromatic rings. The lowest BCUT2D eigenvalue weighted by Crippen LogP contribution is -2.52. The van der Waals surface area contributed by atoms with Gasteiger partial charge in [0, 0.05) is 19.1 Å². The van der Waals surface area contributed by atoms with E-state index in [2.05, 4.69) is 11.8 Å². The molecule has 1 aliphatic heterocycles. The van der Waals surface area contributed by atoms with E-state index in [9.17, 15) is 5.11 Å². The fourth-order valence-corrected chi connectivity index (χ4v) is 4.02. The molecule has 0 radical (unpaired) electrons. The third-order valence-corrected chi connectivity index (χ3v) is 5.41. The van der Waals surface area contributed by atoms with Gasteiger partial charge in [-0.15, -0.1) is 0 Å². The average molecular weight is 268 g/mol. The molecule has 0 amide bonds. The second kappa shape index (κ2) is 6.55. The number of likely N-dealkylation sites (tertiary alicyclic amines) is 1. The van der Waals surface area contributed by atoms with Crippen LogP contribution in [-0.2, 0) is 0 Å². The van der Waals surface area contributed by atoms with Crippen LogP contribution in [0.2, 0.25) is 0 Å². The van der Waals surface area contributed by atoms with Gasteiger partial charge < -0.3 is 10.8 Å². The van der Waals surface area contributed by atoms with Crippen molar-refractivity contribution in [1.29, 1.82) is 0 Å². The average Bonchev–Trinajstić information content (AvgIpc) is 2.39. The van der Waals surface area contributed by atoms with Gasteiger partial charge in [0.05, 0.1) is 5.60 Å². The number of hydrogen-bond donors (Lipinski definition) is 2. The molecule has 1 saturated carbocycles. The van der Waals surface area contributed by atoms with E-state index in [4.69, 9.17) is 5.73 Å². The highest BCUT2D eigenvalue weighted by atomic mass is 16.3. The smallest absolute Gasteiger partial charge is 0.0644 e. The normalized spacial score (nSPS) is 36.3. The fraction of sp³-hybridized carbons (Fsp3) is 1.00. The number of nitrogens with two attached hydrogens (primary N) is 1. The topological polar surface area (TPSA) is 49.5 Å². The molecule has 0 aromatic heterocycles. The molecular formula is C16H32N2O. The molecule has 0 aromatic carbocycles. The van der Waals surface area contributed by atoms with Crippen LogP contribution >= 0.6 is 0 Å². The molecule has 3 heteroatoms. The Hall–Kier alpha value is -0.120. The molecule has 0 bridgehead atoms. The summed E-state index contributed by atoms with van der Waals surface area (Å²) in [7, 11) is 0.